The molecule has 15 heavy (non-hydrogen) atoms. The predicted octanol–water partition coefficient (Wildman–Crippen LogP) is 0.931. The first-order valence-corrected chi connectivity index (χ1v) is 5.29. The topological polar surface area (TPSA) is 62.4 Å². The molecule has 5 heteroatoms. The van der Waals surface area contributed by atoms with Crippen molar-refractivity contribution in [3.05, 3.63) is 11.7 Å². The molecule has 0 unspecified atom stereocenters. The van der Waals surface area contributed by atoms with Gasteiger partial charge in [0.25, 0.3) is 0 Å². The molecule has 0 spiro atoms. The normalized spacial score (nSPS) is 27.8. The molecule has 1 saturated heterocycles. The summed E-state index contributed by atoms with van der Waals surface area (Å²) in [4.78, 5) is 6.39. The van der Waals surface area contributed by atoms with Crippen LogP contribution >= 0.6 is 0 Å². The van der Waals surface area contributed by atoms with Crippen LogP contribution < -0.4 is 0 Å². The number of hydrogen-bond donors (Lipinski definition) is 1. The van der Waals surface area contributed by atoms with Crippen molar-refractivity contribution in [3.8, 4) is 0 Å². The Morgan fingerprint density at radius 3 is 2.73 bits per heavy atom. The molecule has 1 fully saturated rings. The number of aliphatic hydroxyl groups excluding tert-OH is 1. The van der Waals surface area contributed by atoms with Gasteiger partial charge in [-0.05, 0) is 13.5 Å². The number of aliphatic hydroxyl groups is 1. The monoisotopic (exact) mass is 211 g/mol. The van der Waals surface area contributed by atoms with Gasteiger partial charge in [-0.1, -0.05) is 19.0 Å². The molecule has 84 valence electrons. The molecule has 2 heterocycles. The Hall–Kier alpha value is -0.940. The van der Waals surface area contributed by atoms with Crippen molar-refractivity contribution in [1.29, 1.82) is 0 Å². The molecule has 1 aliphatic rings. The van der Waals surface area contributed by atoms with Crippen LogP contribution in [0.4, 0.5) is 0 Å². The van der Waals surface area contributed by atoms with Gasteiger partial charge in [0, 0.05) is 12.5 Å². The van der Waals surface area contributed by atoms with E-state index in [0.29, 0.717) is 18.9 Å². The third kappa shape index (κ3) is 2.03. The molecule has 2 atom stereocenters. The summed E-state index contributed by atoms with van der Waals surface area (Å²) in [6, 6.07) is 0.0694. The lowest BCUT2D eigenvalue weighted by molar-refractivity contribution is 0.182. The van der Waals surface area contributed by atoms with Crippen LogP contribution in [0.25, 0.3) is 0 Å². The Morgan fingerprint density at radius 2 is 2.27 bits per heavy atom. The van der Waals surface area contributed by atoms with E-state index in [1.807, 2.05) is 25.8 Å². The standard InChI is InChI=1S/C10H17N3O2/c1-6(2)9-11-10(15-12-9)8-4-7(14)5-13(8)3/h6-8,14H,4-5H2,1-3H3/t7-,8+/m1/s1. The van der Waals surface area contributed by atoms with Gasteiger partial charge in [-0.15, -0.1) is 0 Å². The lowest BCUT2D eigenvalue weighted by Crippen LogP contribution is -2.19. The highest BCUT2D eigenvalue weighted by Crippen LogP contribution is 2.29. The van der Waals surface area contributed by atoms with Gasteiger partial charge in [0.1, 0.15) is 0 Å². The van der Waals surface area contributed by atoms with Crippen molar-refractivity contribution in [2.24, 2.45) is 0 Å². The number of likely N-dealkylation sites (N-methyl/N-ethyl adjacent to an activating group) is 1. The van der Waals surface area contributed by atoms with Crippen LogP contribution in [0.5, 0.6) is 0 Å². The number of nitrogens with zero attached hydrogens (tertiary/aromatic N) is 3. The van der Waals surface area contributed by atoms with E-state index in [1.165, 1.54) is 0 Å². The van der Waals surface area contributed by atoms with Crippen molar-refractivity contribution in [3.63, 3.8) is 0 Å². The minimum absolute atomic E-state index is 0.0694. The summed E-state index contributed by atoms with van der Waals surface area (Å²) in [5.41, 5.74) is 0. The molecule has 0 saturated carbocycles. The van der Waals surface area contributed by atoms with Gasteiger partial charge in [-0.2, -0.15) is 4.98 Å². The van der Waals surface area contributed by atoms with E-state index in [1.54, 1.807) is 0 Å². The third-order valence-corrected chi connectivity index (χ3v) is 2.79. The second kappa shape index (κ2) is 3.90. The minimum Gasteiger partial charge on any atom is -0.392 e. The zero-order valence-corrected chi connectivity index (χ0v) is 9.34. The number of aromatic nitrogens is 2. The Labute approximate surface area is 89.1 Å². The van der Waals surface area contributed by atoms with Crippen LogP contribution in [0.2, 0.25) is 0 Å². The molecule has 2 rings (SSSR count). The van der Waals surface area contributed by atoms with E-state index in [4.69, 9.17) is 4.52 Å². The van der Waals surface area contributed by atoms with Gasteiger partial charge >= 0.3 is 0 Å². The van der Waals surface area contributed by atoms with Crippen LogP contribution in [0.15, 0.2) is 4.52 Å². The van der Waals surface area contributed by atoms with E-state index < -0.39 is 0 Å². The van der Waals surface area contributed by atoms with Crippen molar-refractivity contribution < 1.29 is 9.63 Å². The fourth-order valence-corrected chi connectivity index (χ4v) is 1.88. The Kier molecular flexibility index (Phi) is 2.75. The molecule has 0 radical (unpaired) electrons. The quantitative estimate of drug-likeness (QED) is 0.788. The average Bonchev–Trinajstić information content (AvgIpc) is 2.71. The van der Waals surface area contributed by atoms with Crippen LogP contribution in [-0.2, 0) is 0 Å². The predicted molar refractivity (Wildman–Crippen MR) is 54.4 cm³/mol. The number of β-amino-alcohol motifs (C(OH)–C–C–N with tert-alkyl or cyclic N) is 1. The lowest BCUT2D eigenvalue weighted by atomic mass is 10.2. The second-order valence-corrected chi connectivity index (χ2v) is 4.49. The molecule has 0 amide bonds. The highest BCUT2D eigenvalue weighted by atomic mass is 16.5. The van der Waals surface area contributed by atoms with E-state index in [0.717, 1.165) is 5.82 Å². The number of hydrogen-bond acceptors (Lipinski definition) is 5. The molecule has 5 nitrogen and oxygen atoms in total. The largest absolute Gasteiger partial charge is 0.392 e. The fraction of sp³-hybridized carbons (Fsp3) is 0.800. The van der Waals surface area contributed by atoms with Crippen LogP contribution in [0.1, 0.15) is 43.9 Å². The minimum atomic E-state index is -0.283. The van der Waals surface area contributed by atoms with Crippen LogP contribution in [-0.4, -0.2) is 39.8 Å². The van der Waals surface area contributed by atoms with E-state index in [9.17, 15) is 5.11 Å². The van der Waals surface area contributed by atoms with Crippen LogP contribution in [0.3, 0.4) is 0 Å². The van der Waals surface area contributed by atoms with Gasteiger partial charge in [-0.3, -0.25) is 4.90 Å². The summed E-state index contributed by atoms with van der Waals surface area (Å²) >= 11 is 0. The zero-order valence-electron chi connectivity index (χ0n) is 9.34. The van der Waals surface area contributed by atoms with E-state index >= 15 is 0 Å². The smallest absolute Gasteiger partial charge is 0.244 e. The van der Waals surface area contributed by atoms with E-state index in [2.05, 4.69) is 10.1 Å². The van der Waals surface area contributed by atoms with Crippen molar-refractivity contribution in [2.75, 3.05) is 13.6 Å². The SMILES string of the molecule is CC(C)c1noc([C@@H]2C[C@@H](O)CN2C)n1. The first-order chi connectivity index (χ1) is 7.08. The Morgan fingerprint density at radius 1 is 1.53 bits per heavy atom. The molecule has 0 aliphatic carbocycles. The summed E-state index contributed by atoms with van der Waals surface area (Å²) in [6.07, 6.45) is 0.394. The second-order valence-electron chi connectivity index (χ2n) is 4.49. The van der Waals surface area contributed by atoms with Gasteiger partial charge in [-0.25, -0.2) is 0 Å². The molecule has 1 aliphatic heterocycles. The maximum absolute atomic E-state index is 9.52. The van der Waals surface area contributed by atoms with E-state index in [-0.39, 0.29) is 18.1 Å². The van der Waals surface area contributed by atoms with Crippen molar-refractivity contribution in [2.45, 2.75) is 38.3 Å². The average molecular weight is 211 g/mol. The summed E-state index contributed by atoms with van der Waals surface area (Å²) in [5.74, 6) is 1.64. The molecule has 0 bridgehead atoms. The molecule has 1 aromatic heterocycles. The van der Waals surface area contributed by atoms with Crippen molar-refractivity contribution in [1.82, 2.24) is 15.0 Å². The van der Waals surface area contributed by atoms with Gasteiger partial charge in [0.05, 0.1) is 12.1 Å². The fourth-order valence-electron chi connectivity index (χ4n) is 1.88. The molecular weight excluding hydrogens is 194 g/mol. The maximum Gasteiger partial charge on any atom is 0.244 e. The summed E-state index contributed by atoms with van der Waals surface area (Å²) in [5, 5.41) is 13.4. The summed E-state index contributed by atoms with van der Waals surface area (Å²) < 4.78 is 5.21. The molecule has 1 aromatic rings. The Balaban J connectivity index is 2.15. The summed E-state index contributed by atoms with van der Waals surface area (Å²) in [7, 11) is 1.96. The zero-order chi connectivity index (χ0) is 11.0. The van der Waals surface area contributed by atoms with Crippen molar-refractivity contribution >= 4 is 0 Å². The summed E-state index contributed by atoms with van der Waals surface area (Å²) in [6.45, 7) is 4.73. The first kappa shape index (κ1) is 10.6. The number of likely N-dealkylation sites (tertiary alicyclic amines) is 1. The lowest BCUT2D eigenvalue weighted by Gasteiger charge is -2.13. The maximum atomic E-state index is 9.52. The highest BCUT2D eigenvalue weighted by Gasteiger charge is 2.33. The number of rotatable bonds is 2. The van der Waals surface area contributed by atoms with Gasteiger partial charge in [0.2, 0.25) is 5.89 Å². The molecule has 1 N–H and O–H groups in total. The first-order valence-electron chi connectivity index (χ1n) is 5.29. The van der Waals surface area contributed by atoms with Crippen LogP contribution in [0, 0.1) is 0 Å². The molecule has 0 aromatic carbocycles. The van der Waals surface area contributed by atoms with Gasteiger partial charge < -0.3 is 9.63 Å². The van der Waals surface area contributed by atoms with Gasteiger partial charge in [0.15, 0.2) is 5.82 Å². The Bertz CT molecular complexity index is 337. The molecular formula is C10H17N3O2. The highest BCUT2D eigenvalue weighted by molar-refractivity contribution is 5.00. The third-order valence-electron chi connectivity index (χ3n) is 2.79.